The number of hydrogen-bond acceptors (Lipinski definition) is 2. The number of carboxylic acids is 1. The van der Waals surface area contributed by atoms with Gasteiger partial charge in [0.2, 0.25) is 5.91 Å². The predicted octanol–water partition coefficient (Wildman–Crippen LogP) is 2.35. The first kappa shape index (κ1) is 12.9. The largest absolute Gasteiger partial charge is 0.481 e. The topological polar surface area (TPSA) is 57.6 Å². The van der Waals surface area contributed by atoms with E-state index in [0.29, 0.717) is 6.54 Å². The van der Waals surface area contributed by atoms with Crippen molar-refractivity contribution in [3.8, 4) is 0 Å². The summed E-state index contributed by atoms with van der Waals surface area (Å²) in [4.78, 5) is 23.7. The SMILES string of the molecule is CC(=O)N1CCc2cc(C(Cl)CC(=O)O)ccc21. The molecule has 18 heavy (non-hydrogen) atoms. The number of carboxylic acid groups (broad SMARTS) is 1. The zero-order valence-corrected chi connectivity index (χ0v) is 10.8. The maximum atomic E-state index is 11.4. The average Bonchev–Trinajstić information content (AvgIpc) is 2.70. The van der Waals surface area contributed by atoms with Crippen LogP contribution in [-0.2, 0) is 16.0 Å². The lowest BCUT2D eigenvalue weighted by Gasteiger charge is -2.15. The van der Waals surface area contributed by atoms with E-state index < -0.39 is 11.3 Å². The van der Waals surface area contributed by atoms with Crippen molar-refractivity contribution in [3.05, 3.63) is 29.3 Å². The highest BCUT2D eigenvalue weighted by Gasteiger charge is 2.23. The molecule has 1 aromatic rings. The first-order chi connectivity index (χ1) is 8.49. The molecule has 1 aliphatic heterocycles. The Morgan fingerprint density at radius 2 is 2.22 bits per heavy atom. The van der Waals surface area contributed by atoms with Gasteiger partial charge in [-0.1, -0.05) is 12.1 Å². The van der Waals surface area contributed by atoms with Gasteiger partial charge in [-0.2, -0.15) is 0 Å². The fourth-order valence-corrected chi connectivity index (χ4v) is 2.48. The molecule has 1 aromatic carbocycles. The Hall–Kier alpha value is -1.55. The van der Waals surface area contributed by atoms with Gasteiger partial charge in [-0.15, -0.1) is 11.6 Å². The molecule has 1 aliphatic rings. The van der Waals surface area contributed by atoms with Crippen molar-refractivity contribution >= 4 is 29.2 Å². The molecule has 96 valence electrons. The lowest BCUT2D eigenvalue weighted by molar-refractivity contribution is -0.137. The highest BCUT2D eigenvalue weighted by Crippen LogP contribution is 2.33. The summed E-state index contributed by atoms with van der Waals surface area (Å²) in [6, 6.07) is 5.54. The summed E-state index contributed by atoms with van der Waals surface area (Å²) in [5.74, 6) is -0.893. The minimum absolute atomic E-state index is 0.0226. The van der Waals surface area contributed by atoms with Crippen molar-refractivity contribution in [2.24, 2.45) is 0 Å². The van der Waals surface area contributed by atoms with E-state index in [1.807, 2.05) is 12.1 Å². The molecule has 2 rings (SSSR count). The monoisotopic (exact) mass is 267 g/mol. The third kappa shape index (κ3) is 2.48. The second-order valence-corrected chi connectivity index (χ2v) is 4.90. The van der Waals surface area contributed by atoms with Crippen LogP contribution in [0, 0.1) is 0 Å². The molecule has 1 unspecified atom stereocenters. The molecule has 1 heterocycles. The predicted molar refractivity (Wildman–Crippen MR) is 69.0 cm³/mol. The van der Waals surface area contributed by atoms with Gasteiger partial charge in [0, 0.05) is 19.2 Å². The van der Waals surface area contributed by atoms with Gasteiger partial charge in [0.05, 0.1) is 11.8 Å². The zero-order chi connectivity index (χ0) is 13.3. The molecule has 1 N–H and O–H groups in total. The lowest BCUT2D eigenvalue weighted by Crippen LogP contribution is -2.25. The highest BCUT2D eigenvalue weighted by molar-refractivity contribution is 6.21. The number of alkyl halides is 1. The number of carbonyl (C=O) groups is 2. The van der Waals surface area contributed by atoms with Crippen LogP contribution in [0.3, 0.4) is 0 Å². The molecule has 0 aliphatic carbocycles. The molecule has 0 saturated heterocycles. The number of carbonyl (C=O) groups excluding carboxylic acids is 1. The summed E-state index contributed by atoms with van der Waals surface area (Å²) in [7, 11) is 0. The van der Waals surface area contributed by atoms with Gasteiger partial charge in [0.1, 0.15) is 0 Å². The first-order valence-electron chi connectivity index (χ1n) is 5.76. The van der Waals surface area contributed by atoms with Crippen molar-refractivity contribution < 1.29 is 14.7 Å². The van der Waals surface area contributed by atoms with Crippen molar-refractivity contribution in [1.82, 2.24) is 0 Å². The molecule has 4 nitrogen and oxygen atoms in total. The molecule has 5 heteroatoms. The molecule has 0 saturated carbocycles. The number of aliphatic carboxylic acids is 1. The minimum Gasteiger partial charge on any atom is -0.481 e. The summed E-state index contributed by atoms with van der Waals surface area (Å²) >= 11 is 6.04. The molecular weight excluding hydrogens is 254 g/mol. The molecule has 0 aromatic heterocycles. The van der Waals surface area contributed by atoms with E-state index in [1.165, 1.54) is 6.92 Å². The van der Waals surface area contributed by atoms with Crippen LogP contribution in [0.4, 0.5) is 5.69 Å². The smallest absolute Gasteiger partial charge is 0.305 e. The quantitative estimate of drug-likeness (QED) is 0.856. The average molecular weight is 268 g/mol. The van der Waals surface area contributed by atoms with E-state index in [2.05, 4.69) is 0 Å². The Morgan fingerprint density at radius 3 is 2.83 bits per heavy atom. The molecule has 0 spiro atoms. The summed E-state index contributed by atoms with van der Waals surface area (Å²) < 4.78 is 0. The molecule has 1 atom stereocenters. The second kappa shape index (κ2) is 4.98. The third-order valence-corrected chi connectivity index (χ3v) is 3.50. The van der Waals surface area contributed by atoms with Crippen LogP contribution in [0.5, 0.6) is 0 Å². The number of rotatable bonds is 3. The van der Waals surface area contributed by atoms with Crippen LogP contribution in [0.25, 0.3) is 0 Å². The van der Waals surface area contributed by atoms with E-state index in [9.17, 15) is 9.59 Å². The Morgan fingerprint density at radius 1 is 1.50 bits per heavy atom. The van der Waals surface area contributed by atoms with Gasteiger partial charge >= 0.3 is 5.97 Å². The van der Waals surface area contributed by atoms with Crippen molar-refractivity contribution in [2.45, 2.75) is 25.1 Å². The number of hydrogen-bond donors (Lipinski definition) is 1. The van der Waals surface area contributed by atoms with E-state index >= 15 is 0 Å². The number of benzene rings is 1. The Bertz CT molecular complexity index is 501. The number of amides is 1. The standard InChI is InChI=1S/C13H14ClNO3/c1-8(16)15-5-4-10-6-9(2-3-12(10)15)11(14)7-13(17)18/h2-3,6,11H,4-5,7H2,1H3,(H,17,18). The Balaban J connectivity index is 2.24. The van der Waals surface area contributed by atoms with E-state index in [4.69, 9.17) is 16.7 Å². The van der Waals surface area contributed by atoms with Crippen LogP contribution >= 0.6 is 11.6 Å². The van der Waals surface area contributed by atoms with Gasteiger partial charge < -0.3 is 10.0 Å². The maximum absolute atomic E-state index is 11.4. The highest BCUT2D eigenvalue weighted by atomic mass is 35.5. The molecule has 1 amide bonds. The van der Waals surface area contributed by atoms with Crippen molar-refractivity contribution in [2.75, 3.05) is 11.4 Å². The number of anilines is 1. The van der Waals surface area contributed by atoms with Crippen LogP contribution in [0.15, 0.2) is 18.2 Å². The van der Waals surface area contributed by atoms with Crippen molar-refractivity contribution in [1.29, 1.82) is 0 Å². The second-order valence-electron chi connectivity index (χ2n) is 4.37. The van der Waals surface area contributed by atoms with Gasteiger partial charge in [-0.05, 0) is 23.6 Å². The number of fused-ring (bicyclic) bond motifs is 1. The Labute approximate surface area is 110 Å². The lowest BCUT2D eigenvalue weighted by atomic mass is 10.0. The molecule has 0 radical (unpaired) electrons. The van der Waals surface area contributed by atoms with Gasteiger partial charge in [-0.3, -0.25) is 9.59 Å². The third-order valence-electron chi connectivity index (χ3n) is 3.09. The van der Waals surface area contributed by atoms with Gasteiger partial charge in [0.25, 0.3) is 0 Å². The van der Waals surface area contributed by atoms with E-state index in [1.54, 1.807) is 11.0 Å². The molecule has 0 bridgehead atoms. The van der Waals surface area contributed by atoms with Crippen molar-refractivity contribution in [3.63, 3.8) is 0 Å². The van der Waals surface area contributed by atoms with Gasteiger partial charge in [0.15, 0.2) is 0 Å². The van der Waals surface area contributed by atoms with Crippen LogP contribution in [0.2, 0.25) is 0 Å². The van der Waals surface area contributed by atoms with Crippen LogP contribution < -0.4 is 4.90 Å². The maximum Gasteiger partial charge on any atom is 0.305 e. The fraction of sp³-hybridized carbons (Fsp3) is 0.385. The number of nitrogens with zero attached hydrogens (tertiary/aromatic N) is 1. The summed E-state index contributed by atoms with van der Waals surface area (Å²) in [5, 5.41) is 8.19. The molecular formula is C13H14ClNO3. The first-order valence-corrected chi connectivity index (χ1v) is 6.19. The van der Waals surface area contributed by atoms with E-state index in [0.717, 1.165) is 23.2 Å². The normalized spacial score (nSPS) is 15.3. The number of halogens is 1. The van der Waals surface area contributed by atoms with E-state index in [-0.39, 0.29) is 12.3 Å². The van der Waals surface area contributed by atoms with Gasteiger partial charge in [-0.25, -0.2) is 0 Å². The minimum atomic E-state index is -0.916. The zero-order valence-electron chi connectivity index (χ0n) is 10.0. The molecule has 0 fully saturated rings. The van der Waals surface area contributed by atoms with Crippen LogP contribution in [-0.4, -0.2) is 23.5 Å². The fourth-order valence-electron chi connectivity index (χ4n) is 2.21. The Kier molecular flexibility index (Phi) is 3.57. The summed E-state index contributed by atoms with van der Waals surface area (Å²) in [5.41, 5.74) is 2.76. The summed E-state index contributed by atoms with van der Waals surface area (Å²) in [6.45, 7) is 2.22. The summed E-state index contributed by atoms with van der Waals surface area (Å²) in [6.07, 6.45) is 0.691. The van der Waals surface area contributed by atoms with Crippen LogP contribution in [0.1, 0.15) is 29.8 Å².